The van der Waals surface area contributed by atoms with E-state index >= 15 is 0 Å². The smallest absolute Gasteiger partial charge is 0.220 e. The minimum absolute atomic E-state index is 0.203. The fourth-order valence-electron chi connectivity index (χ4n) is 11.2. The normalized spacial score (nSPS) is 24.3. The molecule has 9 N–H and O–H groups in total. The number of nitrogens with one attached hydrogen (secondary N) is 1. The lowest BCUT2D eigenvalue weighted by molar-refractivity contribution is -0.359. The van der Waals surface area contributed by atoms with Gasteiger partial charge in [-0.05, 0) is 51.4 Å². The van der Waals surface area contributed by atoms with Crippen LogP contribution in [0.5, 0.6) is 0 Å². The molecule has 2 fully saturated rings. The third kappa shape index (κ3) is 37.4. The number of ether oxygens (including phenoxy) is 4. The zero-order chi connectivity index (χ0) is 58.8. The van der Waals surface area contributed by atoms with Gasteiger partial charge in [0.1, 0.15) is 48.8 Å². The van der Waals surface area contributed by atoms with Crippen molar-refractivity contribution in [3.05, 3.63) is 36.5 Å². The molecule has 2 rings (SSSR count). The van der Waals surface area contributed by atoms with Crippen LogP contribution in [0, 0.1) is 0 Å². The lowest BCUT2D eigenvalue weighted by Gasteiger charge is -2.46. The van der Waals surface area contributed by atoms with Crippen molar-refractivity contribution in [1.82, 2.24) is 5.32 Å². The van der Waals surface area contributed by atoms with Gasteiger partial charge in [-0.3, -0.25) is 4.79 Å². The molecule has 12 unspecified atom stereocenters. The van der Waals surface area contributed by atoms with Gasteiger partial charge in [0.15, 0.2) is 12.6 Å². The standard InChI is InChI=1S/C67H125NO13/c1-3-5-7-9-11-13-15-17-18-19-20-21-22-23-24-25-26-27-28-29-30-31-32-33-34-35-36-37-38-39-41-43-45-47-49-51-59(72)68-55(56(71)50-48-46-44-42-40-16-14-12-10-8-6-4-2)54-78-66-64(77)62(75)65(58(53-70)80-66)81-67-63(76)61(74)60(73)57(52-69)79-67/h15,17,19-20,22-23,55-58,60-67,69-71,73-77H,3-14,16,18,21,24-54H2,1-2H3,(H,68,72)/b17-15-,20-19-,23-22-. The Kier molecular flexibility index (Phi) is 48.8. The molecule has 81 heavy (non-hydrogen) atoms. The molecule has 0 aromatic heterocycles. The van der Waals surface area contributed by atoms with E-state index in [2.05, 4.69) is 55.6 Å². The zero-order valence-electron chi connectivity index (χ0n) is 51.5. The molecule has 2 aliphatic heterocycles. The average Bonchev–Trinajstić information content (AvgIpc) is 3.46. The van der Waals surface area contributed by atoms with Crippen LogP contribution in [0.3, 0.4) is 0 Å². The summed E-state index contributed by atoms with van der Waals surface area (Å²) >= 11 is 0. The SMILES string of the molecule is CCCCCCC/C=C\C/C=C\C/C=C\CCCCCCCCCCCCCCCCCCCCCCC(=O)NC(COC1OC(CO)C(OC2OC(CO)C(O)C(O)C2O)C(O)C1O)C(O)CCCCCCCCCCCCCC. The van der Waals surface area contributed by atoms with Crippen molar-refractivity contribution < 1.29 is 64.6 Å². The number of aliphatic hydroxyl groups is 8. The summed E-state index contributed by atoms with van der Waals surface area (Å²) in [7, 11) is 0. The zero-order valence-corrected chi connectivity index (χ0v) is 51.5. The fourth-order valence-corrected chi connectivity index (χ4v) is 11.2. The summed E-state index contributed by atoms with van der Waals surface area (Å²) in [5.74, 6) is -0.203. The predicted molar refractivity (Wildman–Crippen MR) is 328 cm³/mol. The quantitative estimate of drug-likeness (QED) is 0.0204. The Bertz CT molecular complexity index is 1500. The lowest BCUT2D eigenvalue weighted by atomic mass is 9.97. The van der Waals surface area contributed by atoms with Crippen LogP contribution < -0.4 is 5.32 Å². The largest absolute Gasteiger partial charge is 0.394 e. The molecule has 2 aliphatic rings. The van der Waals surface area contributed by atoms with E-state index in [4.69, 9.17) is 18.9 Å². The molecule has 0 bridgehead atoms. The second-order valence-corrected chi connectivity index (χ2v) is 24.0. The van der Waals surface area contributed by atoms with Crippen LogP contribution in [0.15, 0.2) is 36.5 Å². The van der Waals surface area contributed by atoms with E-state index in [1.54, 1.807) is 0 Å². The van der Waals surface area contributed by atoms with Crippen molar-refractivity contribution in [2.45, 2.75) is 364 Å². The van der Waals surface area contributed by atoms with Gasteiger partial charge in [-0.1, -0.05) is 269 Å². The van der Waals surface area contributed by atoms with Crippen LogP contribution in [0.1, 0.15) is 290 Å². The van der Waals surface area contributed by atoms with E-state index in [9.17, 15) is 45.6 Å². The van der Waals surface area contributed by atoms with E-state index in [-0.39, 0.29) is 12.5 Å². The number of carbonyl (C=O) groups is 1. The molecule has 0 spiro atoms. The molecule has 0 aliphatic carbocycles. The second kappa shape index (κ2) is 52.5. The van der Waals surface area contributed by atoms with E-state index in [0.29, 0.717) is 12.8 Å². The predicted octanol–water partition coefficient (Wildman–Crippen LogP) is 13.0. The van der Waals surface area contributed by atoms with Gasteiger partial charge in [0.05, 0.1) is 32.0 Å². The first kappa shape index (κ1) is 75.3. The summed E-state index contributed by atoms with van der Waals surface area (Å²) in [5.41, 5.74) is 0. The maximum atomic E-state index is 13.3. The van der Waals surface area contributed by atoms with Crippen LogP contribution in [-0.4, -0.2) is 140 Å². The lowest BCUT2D eigenvalue weighted by Crippen LogP contribution is -2.65. The first-order valence-electron chi connectivity index (χ1n) is 33.7. The number of unbranched alkanes of at least 4 members (excludes halogenated alkanes) is 36. The van der Waals surface area contributed by atoms with Gasteiger partial charge in [0.2, 0.25) is 5.91 Å². The van der Waals surface area contributed by atoms with Gasteiger partial charge in [0.25, 0.3) is 0 Å². The van der Waals surface area contributed by atoms with Crippen molar-refractivity contribution in [3.8, 4) is 0 Å². The number of carbonyl (C=O) groups excluding carboxylic acids is 1. The van der Waals surface area contributed by atoms with Crippen LogP contribution >= 0.6 is 0 Å². The van der Waals surface area contributed by atoms with Gasteiger partial charge in [0, 0.05) is 6.42 Å². The molecule has 0 radical (unpaired) electrons. The maximum Gasteiger partial charge on any atom is 0.220 e. The molecule has 0 saturated carbocycles. The molecule has 2 heterocycles. The third-order valence-electron chi connectivity index (χ3n) is 16.6. The summed E-state index contributed by atoms with van der Waals surface area (Å²) in [6.07, 6.45) is 48.9. The molecule has 0 aromatic carbocycles. The molecule has 0 aromatic rings. The Morgan fingerprint density at radius 2 is 0.815 bits per heavy atom. The van der Waals surface area contributed by atoms with Gasteiger partial charge in [-0.15, -0.1) is 0 Å². The minimum atomic E-state index is -1.78. The van der Waals surface area contributed by atoms with Crippen LogP contribution in [0.4, 0.5) is 0 Å². The number of rotatable bonds is 55. The molecular weight excluding hydrogens is 1030 g/mol. The highest BCUT2D eigenvalue weighted by atomic mass is 16.7. The van der Waals surface area contributed by atoms with Crippen molar-refractivity contribution >= 4 is 5.91 Å². The third-order valence-corrected chi connectivity index (χ3v) is 16.6. The first-order valence-corrected chi connectivity index (χ1v) is 33.7. The molecule has 12 atom stereocenters. The van der Waals surface area contributed by atoms with Gasteiger partial charge in [-0.2, -0.15) is 0 Å². The highest BCUT2D eigenvalue weighted by molar-refractivity contribution is 5.76. The van der Waals surface area contributed by atoms with Crippen LogP contribution in [0.2, 0.25) is 0 Å². The highest BCUT2D eigenvalue weighted by Gasteiger charge is 2.51. The molecule has 476 valence electrons. The van der Waals surface area contributed by atoms with Crippen molar-refractivity contribution in [1.29, 1.82) is 0 Å². The fraction of sp³-hybridized carbons (Fsp3) is 0.896. The number of amides is 1. The molecule has 1 amide bonds. The molecular formula is C67H125NO13. The van der Waals surface area contributed by atoms with Crippen molar-refractivity contribution in [3.63, 3.8) is 0 Å². The Hall–Kier alpha value is -1.79. The van der Waals surface area contributed by atoms with Crippen molar-refractivity contribution in [2.75, 3.05) is 19.8 Å². The molecule has 14 heteroatoms. The molecule has 14 nitrogen and oxygen atoms in total. The summed E-state index contributed by atoms with van der Waals surface area (Å²) < 4.78 is 22.8. The average molecular weight is 1150 g/mol. The summed E-state index contributed by atoms with van der Waals surface area (Å²) in [5, 5.41) is 87.3. The highest BCUT2D eigenvalue weighted by Crippen LogP contribution is 2.30. The summed E-state index contributed by atoms with van der Waals surface area (Å²) in [6.45, 7) is 2.86. The number of allylic oxidation sites excluding steroid dienone is 6. The van der Waals surface area contributed by atoms with Gasteiger partial charge >= 0.3 is 0 Å². The Morgan fingerprint density at radius 3 is 1.25 bits per heavy atom. The van der Waals surface area contributed by atoms with Crippen molar-refractivity contribution in [2.24, 2.45) is 0 Å². The monoisotopic (exact) mass is 1150 g/mol. The van der Waals surface area contributed by atoms with Crippen LogP contribution in [-0.2, 0) is 23.7 Å². The van der Waals surface area contributed by atoms with E-state index in [1.165, 1.54) is 199 Å². The van der Waals surface area contributed by atoms with Gasteiger partial charge < -0.3 is 65.1 Å². The van der Waals surface area contributed by atoms with Gasteiger partial charge in [-0.25, -0.2) is 0 Å². The summed E-state index contributed by atoms with van der Waals surface area (Å²) in [4.78, 5) is 13.3. The Balaban J connectivity index is 1.58. The second-order valence-electron chi connectivity index (χ2n) is 24.0. The first-order chi connectivity index (χ1) is 39.6. The Morgan fingerprint density at radius 1 is 0.444 bits per heavy atom. The topological polar surface area (TPSA) is 228 Å². The number of aliphatic hydroxyl groups excluding tert-OH is 8. The minimum Gasteiger partial charge on any atom is -0.394 e. The van der Waals surface area contributed by atoms with E-state index < -0.39 is 86.8 Å². The summed E-state index contributed by atoms with van der Waals surface area (Å²) in [6, 6.07) is -0.826. The van der Waals surface area contributed by atoms with E-state index in [0.717, 1.165) is 64.2 Å². The number of hydrogen-bond donors (Lipinski definition) is 9. The maximum absolute atomic E-state index is 13.3. The Labute approximate surface area is 493 Å². The molecule has 2 saturated heterocycles. The van der Waals surface area contributed by atoms with E-state index in [1.807, 2.05) is 0 Å². The number of hydrogen-bond acceptors (Lipinski definition) is 13. The van der Waals surface area contributed by atoms with Crippen LogP contribution in [0.25, 0.3) is 0 Å².